The molecule has 1 aliphatic carbocycles. The van der Waals surface area contributed by atoms with E-state index in [1.165, 1.54) is 18.4 Å². The predicted molar refractivity (Wildman–Crippen MR) is 75.9 cm³/mol. The van der Waals surface area contributed by atoms with Crippen LogP contribution in [-0.2, 0) is 11.2 Å². The lowest BCUT2D eigenvalue weighted by Gasteiger charge is -2.41. The van der Waals surface area contributed by atoms with Gasteiger partial charge in [0.2, 0.25) is 5.91 Å². The van der Waals surface area contributed by atoms with Crippen LogP contribution in [0.1, 0.15) is 25.3 Å². The normalized spacial score (nSPS) is 24.5. The van der Waals surface area contributed by atoms with Crippen LogP contribution in [0.4, 0.5) is 0 Å². The summed E-state index contributed by atoms with van der Waals surface area (Å²) in [7, 11) is 0. The van der Waals surface area contributed by atoms with Gasteiger partial charge < -0.3 is 4.90 Å². The average molecular weight is 258 g/mol. The molecule has 19 heavy (non-hydrogen) atoms. The van der Waals surface area contributed by atoms with Gasteiger partial charge in [-0.05, 0) is 24.8 Å². The highest BCUT2D eigenvalue weighted by Gasteiger charge is 2.36. The molecule has 2 fully saturated rings. The Bertz CT molecular complexity index is 441. The van der Waals surface area contributed by atoms with Gasteiger partial charge in [-0.1, -0.05) is 30.3 Å². The van der Waals surface area contributed by atoms with E-state index in [1.54, 1.807) is 6.92 Å². The zero-order chi connectivity index (χ0) is 13.2. The number of piperazine rings is 1. The number of nitrogens with zero attached hydrogens (tertiary/aromatic N) is 2. The molecule has 0 spiro atoms. The maximum Gasteiger partial charge on any atom is 0.219 e. The minimum absolute atomic E-state index is 0.219. The van der Waals surface area contributed by atoms with E-state index in [-0.39, 0.29) is 5.91 Å². The molecule has 1 saturated heterocycles. The van der Waals surface area contributed by atoms with Crippen LogP contribution in [0.25, 0.3) is 0 Å². The molecule has 0 aromatic heterocycles. The lowest BCUT2D eigenvalue weighted by Crippen LogP contribution is -2.55. The Balaban J connectivity index is 1.71. The molecule has 3 nitrogen and oxygen atoms in total. The fourth-order valence-electron chi connectivity index (χ4n) is 3.13. The largest absolute Gasteiger partial charge is 0.337 e. The second kappa shape index (κ2) is 5.33. The van der Waals surface area contributed by atoms with Crippen molar-refractivity contribution in [1.82, 2.24) is 9.80 Å². The molecule has 1 aromatic carbocycles. The van der Waals surface area contributed by atoms with Crippen LogP contribution in [0.5, 0.6) is 0 Å². The minimum atomic E-state index is 0.219. The van der Waals surface area contributed by atoms with Crippen LogP contribution in [0.3, 0.4) is 0 Å². The van der Waals surface area contributed by atoms with Gasteiger partial charge in [0.05, 0.1) is 0 Å². The summed E-state index contributed by atoms with van der Waals surface area (Å²) in [5.41, 5.74) is 1.33. The van der Waals surface area contributed by atoms with Crippen molar-refractivity contribution < 1.29 is 4.79 Å². The Kier molecular flexibility index (Phi) is 3.56. The first kappa shape index (κ1) is 12.7. The van der Waals surface area contributed by atoms with Crippen molar-refractivity contribution in [3.05, 3.63) is 35.9 Å². The summed E-state index contributed by atoms with van der Waals surface area (Å²) in [6.07, 6.45) is 3.67. The number of rotatable bonds is 3. The Morgan fingerprint density at radius 3 is 2.58 bits per heavy atom. The van der Waals surface area contributed by atoms with Gasteiger partial charge in [0.25, 0.3) is 0 Å². The number of hydrogen-bond donors (Lipinski definition) is 0. The van der Waals surface area contributed by atoms with Gasteiger partial charge in [-0.25, -0.2) is 0 Å². The molecule has 0 N–H and O–H groups in total. The van der Waals surface area contributed by atoms with E-state index >= 15 is 0 Å². The number of carbonyl (C=O) groups excluding carboxylic acids is 1. The predicted octanol–water partition coefficient (Wildman–Crippen LogP) is 1.92. The molecule has 1 atom stereocenters. The van der Waals surface area contributed by atoms with Gasteiger partial charge in [0.1, 0.15) is 0 Å². The quantitative estimate of drug-likeness (QED) is 0.827. The summed E-state index contributed by atoms with van der Waals surface area (Å²) in [5, 5.41) is 0. The molecule has 1 aromatic rings. The first-order valence-corrected chi connectivity index (χ1v) is 7.29. The molecule has 0 bridgehead atoms. The number of carbonyl (C=O) groups is 1. The molecule has 102 valence electrons. The smallest absolute Gasteiger partial charge is 0.219 e. The van der Waals surface area contributed by atoms with Crippen molar-refractivity contribution in [2.24, 2.45) is 0 Å². The monoisotopic (exact) mass is 258 g/mol. The SMILES string of the molecule is CC(=O)N1CCN(C2CC2)CC1Cc1ccccc1. The molecule has 1 aliphatic heterocycles. The van der Waals surface area contributed by atoms with Crippen molar-refractivity contribution in [1.29, 1.82) is 0 Å². The Morgan fingerprint density at radius 1 is 1.21 bits per heavy atom. The third-order valence-corrected chi connectivity index (χ3v) is 4.30. The first-order chi connectivity index (χ1) is 9.24. The third-order valence-electron chi connectivity index (χ3n) is 4.30. The van der Waals surface area contributed by atoms with Crippen molar-refractivity contribution >= 4 is 5.91 Å². The zero-order valence-corrected chi connectivity index (χ0v) is 11.6. The van der Waals surface area contributed by atoms with Crippen molar-refractivity contribution in [2.45, 2.75) is 38.3 Å². The van der Waals surface area contributed by atoms with Crippen molar-refractivity contribution in [2.75, 3.05) is 19.6 Å². The molecule has 0 radical (unpaired) electrons. The lowest BCUT2D eigenvalue weighted by molar-refractivity contribution is -0.133. The van der Waals surface area contributed by atoms with Crippen LogP contribution in [0.15, 0.2) is 30.3 Å². The first-order valence-electron chi connectivity index (χ1n) is 7.29. The van der Waals surface area contributed by atoms with Crippen LogP contribution in [0.2, 0.25) is 0 Å². The summed E-state index contributed by atoms with van der Waals surface area (Å²) in [4.78, 5) is 16.4. The second-order valence-electron chi connectivity index (χ2n) is 5.78. The standard InChI is InChI=1S/C16H22N2O/c1-13(19)18-10-9-17(15-7-8-15)12-16(18)11-14-5-3-2-4-6-14/h2-6,15-16H,7-12H2,1H3. The fraction of sp³-hybridized carbons (Fsp3) is 0.562. The van der Waals surface area contributed by atoms with E-state index in [1.807, 2.05) is 6.07 Å². The highest BCUT2D eigenvalue weighted by molar-refractivity contribution is 5.73. The van der Waals surface area contributed by atoms with E-state index < -0.39 is 0 Å². The Labute approximate surface area is 115 Å². The van der Waals surface area contributed by atoms with Crippen molar-refractivity contribution in [3.8, 4) is 0 Å². The van der Waals surface area contributed by atoms with Gasteiger partial charge in [0.15, 0.2) is 0 Å². The summed E-state index contributed by atoms with van der Waals surface area (Å²) in [5.74, 6) is 0.219. The minimum Gasteiger partial charge on any atom is -0.337 e. The van der Waals surface area contributed by atoms with Crippen molar-refractivity contribution in [3.63, 3.8) is 0 Å². The number of benzene rings is 1. The van der Waals surface area contributed by atoms with E-state index in [0.29, 0.717) is 6.04 Å². The van der Waals surface area contributed by atoms with Gasteiger partial charge in [-0.15, -0.1) is 0 Å². The van der Waals surface area contributed by atoms with Gasteiger partial charge in [-0.3, -0.25) is 9.69 Å². The van der Waals surface area contributed by atoms with Gasteiger partial charge in [-0.2, -0.15) is 0 Å². The van der Waals surface area contributed by atoms with E-state index in [0.717, 1.165) is 32.1 Å². The second-order valence-corrected chi connectivity index (χ2v) is 5.78. The molecule has 2 aliphatic rings. The summed E-state index contributed by atoms with van der Waals surface area (Å²) >= 11 is 0. The van der Waals surface area contributed by atoms with E-state index in [4.69, 9.17) is 0 Å². The summed E-state index contributed by atoms with van der Waals surface area (Å²) in [6.45, 7) is 4.68. The van der Waals surface area contributed by atoms with E-state index in [9.17, 15) is 4.79 Å². The highest BCUT2D eigenvalue weighted by atomic mass is 16.2. The number of amides is 1. The molecule has 1 unspecified atom stereocenters. The fourth-order valence-corrected chi connectivity index (χ4v) is 3.13. The Morgan fingerprint density at radius 2 is 1.95 bits per heavy atom. The van der Waals surface area contributed by atoms with Gasteiger partial charge >= 0.3 is 0 Å². The molecular formula is C16H22N2O. The van der Waals surface area contributed by atoms with Crippen LogP contribution >= 0.6 is 0 Å². The average Bonchev–Trinajstić information content (AvgIpc) is 3.24. The van der Waals surface area contributed by atoms with Crippen LogP contribution in [-0.4, -0.2) is 47.4 Å². The third kappa shape index (κ3) is 2.98. The Hall–Kier alpha value is -1.35. The van der Waals surface area contributed by atoms with E-state index in [2.05, 4.69) is 34.1 Å². The highest BCUT2D eigenvalue weighted by Crippen LogP contribution is 2.29. The number of hydrogen-bond acceptors (Lipinski definition) is 2. The molecular weight excluding hydrogens is 236 g/mol. The van der Waals surface area contributed by atoms with Gasteiger partial charge in [0, 0.05) is 38.6 Å². The zero-order valence-electron chi connectivity index (χ0n) is 11.6. The topological polar surface area (TPSA) is 23.6 Å². The molecule has 1 saturated carbocycles. The molecule has 3 heteroatoms. The molecule has 3 rings (SSSR count). The van der Waals surface area contributed by atoms with Crippen LogP contribution < -0.4 is 0 Å². The maximum absolute atomic E-state index is 11.8. The summed E-state index contributed by atoms with van der Waals surface area (Å²) < 4.78 is 0. The lowest BCUT2D eigenvalue weighted by atomic mass is 10.0. The maximum atomic E-state index is 11.8. The summed E-state index contributed by atoms with van der Waals surface area (Å²) in [6, 6.07) is 11.7. The molecule has 1 heterocycles. The molecule has 1 amide bonds. The van der Waals surface area contributed by atoms with Crippen LogP contribution in [0, 0.1) is 0 Å².